The molecule has 0 spiro atoms. The van der Waals surface area contributed by atoms with Crippen LogP contribution in [0.4, 0.5) is 0 Å². The molecule has 0 aliphatic heterocycles. The van der Waals surface area contributed by atoms with E-state index >= 15 is 0 Å². The molecule has 2 saturated carbocycles. The monoisotopic (exact) mass is 432 g/mol. The minimum absolute atomic E-state index is 0.0203. The van der Waals surface area contributed by atoms with Gasteiger partial charge in [0.25, 0.3) is 6.47 Å². The molecule has 144 valence electrons. The molecular weight excluding hydrogens is 408 g/mol. The van der Waals surface area contributed by atoms with E-state index in [1.165, 1.54) is 0 Å². The van der Waals surface area contributed by atoms with Crippen molar-refractivity contribution in [3.8, 4) is 0 Å². The number of rotatable bonds is 3. The fourth-order valence-electron chi connectivity index (χ4n) is 6.51. The highest BCUT2D eigenvalue weighted by Crippen LogP contribution is 2.69. The summed E-state index contributed by atoms with van der Waals surface area (Å²) in [5.74, 6) is 0.672. The van der Waals surface area contributed by atoms with Gasteiger partial charge in [-0.1, -0.05) is 47.5 Å². The average molecular weight is 433 g/mol. The zero-order valence-corrected chi connectivity index (χ0v) is 17.5. The van der Waals surface area contributed by atoms with Gasteiger partial charge in [-0.15, -0.1) is 0 Å². The Morgan fingerprint density at radius 3 is 2.74 bits per heavy atom. The first kappa shape index (κ1) is 18.9. The van der Waals surface area contributed by atoms with Gasteiger partial charge in [0, 0.05) is 10.8 Å². The highest BCUT2D eigenvalue weighted by atomic mass is 79.9. The van der Waals surface area contributed by atoms with Crippen LogP contribution in [0, 0.1) is 22.7 Å². The van der Waals surface area contributed by atoms with Gasteiger partial charge in [0.1, 0.15) is 6.10 Å². The predicted octanol–water partition coefficient (Wildman–Crippen LogP) is 4.09. The largest absolute Gasteiger partial charge is 0.463 e. The van der Waals surface area contributed by atoms with Gasteiger partial charge >= 0.3 is 0 Å². The normalized spacial score (nSPS) is 45.2. The molecule has 0 radical (unpaired) electrons. The van der Waals surface area contributed by atoms with Crippen molar-refractivity contribution < 1.29 is 19.1 Å². The highest BCUT2D eigenvalue weighted by Gasteiger charge is 2.68. The molecule has 0 saturated heterocycles. The van der Waals surface area contributed by atoms with E-state index in [0.29, 0.717) is 18.8 Å². The number of halogens is 1. The first-order valence-electron chi connectivity index (χ1n) is 9.62. The third-order valence-electron chi connectivity index (χ3n) is 7.80. The molecule has 2 fully saturated rings. The zero-order chi connectivity index (χ0) is 19.6. The summed E-state index contributed by atoms with van der Waals surface area (Å²) in [6.45, 7) is 6.45. The lowest BCUT2D eigenvalue weighted by Gasteiger charge is -2.63. The van der Waals surface area contributed by atoms with Crippen molar-refractivity contribution in [3.63, 3.8) is 0 Å². The van der Waals surface area contributed by atoms with E-state index in [4.69, 9.17) is 4.74 Å². The molecule has 0 aromatic carbocycles. The minimum Gasteiger partial charge on any atom is -0.463 e. The van der Waals surface area contributed by atoms with Gasteiger partial charge in [0.05, 0.1) is 4.32 Å². The number of carbonyl (C=O) groups is 3. The summed E-state index contributed by atoms with van der Waals surface area (Å²) in [6.07, 6.45) is 10.3. The summed E-state index contributed by atoms with van der Waals surface area (Å²) in [4.78, 5) is 35.7. The summed E-state index contributed by atoms with van der Waals surface area (Å²) in [7, 11) is 0. The van der Waals surface area contributed by atoms with Gasteiger partial charge in [0.2, 0.25) is 0 Å². The lowest BCUT2D eigenvalue weighted by molar-refractivity contribution is -0.148. The second-order valence-corrected chi connectivity index (χ2v) is 10.2. The number of hydrogen-bond donors (Lipinski definition) is 0. The number of hydrogen-bond acceptors (Lipinski definition) is 4. The van der Waals surface area contributed by atoms with Crippen molar-refractivity contribution >= 4 is 34.0 Å². The summed E-state index contributed by atoms with van der Waals surface area (Å²) in [5, 5.41) is 0. The van der Waals surface area contributed by atoms with Crippen molar-refractivity contribution in [1.29, 1.82) is 0 Å². The van der Waals surface area contributed by atoms with E-state index in [9.17, 15) is 14.4 Å². The Labute approximate surface area is 168 Å². The molecule has 27 heavy (non-hydrogen) atoms. The van der Waals surface area contributed by atoms with Crippen LogP contribution in [0.2, 0.25) is 0 Å². The van der Waals surface area contributed by atoms with E-state index < -0.39 is 9.74 Å². The number of fused-ring (bicyclic) bond motifs is 5. The lowest BCUT2D eigenvalue weighted by Crippen LogP contribution is -2.66. The van der Waals surface area contributed by atoms with Crippen LogP contribution < -0.4 is 0 Å². The Morgan fingerprint density at radius 2 is 2.07 bits per heavy atom. The Balaban J connectivity index is 1.85. The molecular formula is C22H25BrO4. The standard InChI is InChI=1S/C22H25BrO4/c1-13(25)16-6-7-17-18-5-4-14-10-15(26)8-9-21(14,3)22(18,23)19(27-12-24)11-20(16,17)2/h6,8-10,12,17-19H,4-5,7,11H2,1-3H3/t17-,18-,19-,20+,21-,22-/m0/s1. The highest BCUT2D eigenvalue weighted by molar-refractivity contribution is 9.10. The van der Waals surface area contributed by atoms with Crippen LogP contribution in [-0.4, -0.2) is 28.5 Å². The maximum absolute atomic E-state index is 12.3. The van der Waals surface area contributed by atoms with Crippen molar-refractivity contribution in [2.75, 3.05) is 0 Å². The third kappa shape index (κ3) is 2.30. The lowest BCUT2D eigenvalue weighted by atomic mass is 9.46. The van der Waals surface area contributed by atoms with Crippen molar-refractivity contribution in [2.45, 2.75) is 56.9 Å². The summed E-state index contributed by atoms with van der Waals surface area (Å²) in [6, 6.07) is 0. The maximum atomic E-state index is 12.3. The van der Waals surface area contributed by atoms with Crippen LogP contribution in [0.3, 0.4) is 0 Å². The molecule has 0 aromatic rings. The third-order valence-corrected chi connectivity index (χ3v) is 9.72. The Hall–Kier alpha value is -1.49. The molecule has 6 atom stereocenters. The SMILES string of the molecule is CC(=O)C1=CC[C@H]2[C@@H]3CCC4=CC(=O)C=C[C@]4(C)[C@@]3(Br)[C@@H](OC=O)C[C@]12C. The van der Waals surface area contributed by atoms with Crippen LogP contribution in [0.15, 0.2) is 35.5 Å². The number of alkyl halides is 1. The first-order valence-corrected chi connectivity index (χ1v) is 10.4. The van der Waals surface area contributed by atoms with Crippen molar-refractivity contribution in [1.82, 2.24) is 0 Å². The molecule has 0 heterocycles. The molecule has 5 heteroatoms. The number of ether oxygens (including phenoxy) is 1. The molecule has 0 unspecified atom stereocenters. The Kier molecular flexibility index (Phi) is 4.19. The van der Waals surface area contributed by atoms with E-state index in [0.717, 1.165) is 30.4 Å². The predicted molar refractivity (Wildman–Crippen MR) is 105 cm³/mol. The van der Waals surface area contributed by atoms with Crippen molar-refractivity contribution in [2.24, 2.45) is 22.7 Å². The Bertz CT molecular complexity index is 824. The first-order chi connectivity index (χ1) is 12.7. The fraction of sp³-hybridized carbons (Fsp3) is 0.591. The molecule has 0 aromatic heterocycles. The minimum atomic E-state index is -0.494. The van der Waals surface area contributed by atoms with Crippen LogP contribution >= 0.6 is 15.9 Å². The van der Waals surface area contributed by atoms with Crippen molar-refractivity contribution in [3.05, 3.63) is 35.5 Å². The summed E-state index contributed by atoms with van der Waals surface area (Å²) in [5.41, 5.74) is 1.29. The number of Topliss-reactive ketones (excluding diaryl/α,β-unsaturated/α-hetero) is 1. The van der Waals surface area contributed by atoms with Crippen LogP contribution in [0.1, 0.15) is 46.5 Å². The number of allylic oxidation sites excluding steroid dienone is 6. The van der Waals surface area contributed by atoms with Gasteiger partial charge in [-0.3, -0.25) is 14.4 Å². The fourth-order valence-corrected chi connectivity index (χ4v) is 7.71. The van der Waals surface area contributed by atoms with Gasteiger partial charge in [0.15, 0.2) is 11.6 Å². The topological polar surface area (TPSA) is 60.4 Å². The smallest absolute Gasteiger partial charge is 0.293 e. The summed E-state index contributed by atoms with van der Waals surface area (Å²) >= 11 is 4.08. The van der Waals surface area contributed by atoms with E-state index in [1.54, 1.807) is 19.1 Å². The second kappa shape index (κ2) is 6.00. The molecule has 4 aliphatic rings. The molecule has 4 rings (SSSR count). The van der Waals surface area contributed by atoms with Gasteiger partial charge in [-0.05, 0) is 62.2 Å². The molecule has 4 nitrogen and oxygen atoms in total. The van der Waals surface area contributed by atoms with Gasteiger partial charge < -0.3 is 4.74 Å². The molecule has 0 N–H and O–H groups in total. The number of carbonyl (C=O) groups excluding carboxylic acids is 3. The molecule has 0 bridgehead atoms. The molecule has 0 amide bonds. The van der Waals surface area contributed by atoms with E-state index in [-0.39, 0.29) is 29.0 Å². The quantitative estimate of drug-likeness (QED) is 0.497. The van der Waals surface area contributed by atoms with Crippen LogP contribution in [0.5, 0.6) is 0 Å². The van der Waals surface area contributed by atoms with Gasteiger partial charge in [-0.2, -0.15) is 0 Å². The zero-order valence-electron chi connectivity index (χ0n) is 16.0. The Morgan fingerprint density at radius 1 is 1.33 bits per heavy atom. The van der Waals surface area contributed by atoms with Crippen LogP contribution in [-0.2, 0) is 19.1 Å². The van der Waals surface area contributed by atoms with Crippen LogP contribution in [0.25, 0.3) is 0 Å². The average Bonchev–Trinajstić information content (AvgIpc) is 2.94. The van der Waals surface area contributed by atoms with E-state index in [1.807, 2.05) is 6.08 Å². The molecule has 4 aliphatic carbocycles. The van der Waals surface area contributed by atoms with E-state index in [2.05, 4.69) is 35.9 Å². The van der Waals surface area contributed by atoms with Gasteiger partial charge in [-0.25, -0.2) is 0 Å². The maximum Gasteiger partial charge on any atom is 0.293 e. The number of ketones is 2. The second-order valence-electron chi connectivity index (χ2n) is 8.88. The summed E-state index contributed by atoms with van der Waals surface area (Å²) < 4.78 is 5.19.